The Labute approximate surface area is 124 Å². The molecule has 0 unspecified atom stereocenters. The molecule has 1 aliphatic heterocycles. The Bertz CT molecular complexity index is 847. The van der Waals surface area contributed by atoms with Crippen LogP contribution in [0.15, 0.2) is 21.3 Å². The number of carbonyl (C=O) groups is 1. The Balaban J connectivity index is 2.32. The van der Waals surface area contributed by atoms with Crippen molar-refractivity contribution >= 4 is 16.9 Å². The number of hydrogen-bond donors (Lipinski definition) is 3. The van der Waals surface area contributed by atoms with E-state index in [-0.39, 0.29) is 28.9 Å². The minimum atomic E-state index is -1.38. The van der Waals surface area contributed by atoms with Gasteiger partial charge in [0.25, 0.3) is 0 Å². The third-order valence-electron chi connectivity index (χ3n) is 3.84. The molecule has 22 heavy (non-hydrogen) atoms. The fourth-order valence-corrected chi connectivity index (χ4v) is 2.50. The maximum atomic E-state index is 12.0. The van der Waals surface area contributed by atoms with Gasteiger partial charge in [0.1, 0.15) is 28.1 Å². The molecule has 2 aromatic rings. The molecule has 116 valence electrons. The Hall–Kier alpha value is -2.54. The standard InChI is InChI=1S/C15H14O7/c1-15(2)11(17)3-6-8(22-15)5-9-12(13(6)18)7(16)4-10(21-9)14(19)20/h4-5,11,17-18H,3H2,1-2H3,(H,19,20)/t11-/m0/s1. The molecule has 0 radical (unpaired) electrons. The van der Waals surface area contributed by atoms with Crippen molar-refractivity contribution < 1.29 is 29.3 Å². The number of aromatic hydroxyl groups is 1. The van der Waals surface area contributed by atoms with Gasteiger partial charge in [-0.1, -0.05) is 0 Å². The van der Waals surface area contributed by atoms with E-state index in [1.54, 1.807) is 13.8 Å². The van der Waals surface area contributed by atoms with Crippen molar-refractivity contribution in [3.63, 3.8) is 0 Å². The summed E-state index contributed by atoms with van der Waals surface area (Å²) in [4.78, 5) is 23.0. The largest absolute Gasteiger partial charge is 0.507 e. The van der Waals surface area contributed by atoms with E-state index in [0.29, 0.717) is 5.56 Å². The van der Waals surface area contributed by atoms with Gasteiger partial charge in [-0.25, -0.2) is 4.79 Å². The SMILES string of the molecule is CC1(C)Oc2cc3oc(C(=O)O)cc(=O)c3c(O)c2C[C@@H]1O. The highest BCUT2D eigenvalue weighted by molar-refractivity contribution is 5.91. The quantitative estimate of drug-likeness (QED) is 0.726. The van der Waals surface area contributed by atoms with Gasteiger partial charge in [-0.15, -0.1) is 0 Å². The summed E-state index contributed by atoms with van der Waals surface area (Å²) in [6.07, 6.45) is -0.738. The lowest BCUT2D eigenvalue weighted by atomic mass is 9.90. The molecule has 3 rings (SSSR count). The number of benzene rings is 1. The average Bonchev–Trinajstić information content (AvgIpc) is 2.40. The van der Waals surface area contributed by atoms with E-state index in [0.717, 1.165) is 6.07 Å². The maximum absolute atomic E-state index is 12.0. The van der Waals surface area contributed by atoms with Crippen LogP contribution in [0.2, 0.25) is 0 Å². The molecule has 0 bridgehead atoms. The average molecular weight is 306 g/mol. The highest BCUT2D eigenvalue weighted by Crippen LogP contribution is 2.41. The second-order valence-corrected chi connectivity index (χ2v) is 5.78. The van der Waals surface area contributed by atoms with Gasteiger partial charge in [0.2, 0.25) is 5.76 Å². The molecule has 3 N–H and O–H groups in total. The van der Waals surface area contributed by atoms with Gasteiger partial charge in [-0.05, 0) is 13.8 Å². The van der Waals surface area contributed by atoms with Gasteiger partial charge in [0, 0.05) is 24.1 Å². The molecule has 7 heteroatoms. The van der Waals surface area contributed by atoms with Gasteiger partial charge in [-0.2, -0.15) is 0 Å². The Kier molecular flexibility index (Phi) is 2.93. The fraction of sp³-hybridized carbons (Fsp3) is 0.333. The fourth-order valence-electron chi connectivity index (χ4n) is 2.50. The Morgan fingerprint density at radius 2 is 2.05 bits per heavy atom. The number of ether oxygens (including phenoxy) is 1. The van der Waals surface area contributed by atoms with Gasteiger partial charge in [0.05, 0.1) is 6.10 Å². The highest BCUT2D eigenvalue weighted by atomic mass is 16.5. The number of aliphatic hydroxyl groups is 1. The molecular formula is C15H14O7. The number of carboxylic acid groups (broad SMARTS) is 1. The summed E-state index contributed by atoms with van der Waals surface area (Å²) in [5.74, 6) is -2.00. The number of carboxylic acids is 1. The van der Waals surface area contributed by atoms with Crippen molar-refractivity contribution in [3.8, 4) is 11.5 Å². The summed E-state index contributed by atoms with van der Waals surface area (Å²) in [5.41, 5.74) is -1.32. The van der Waals surface area contributed by atoms with Crippen molar-refractivity contribution in [2.24, 2.45) is 0 Å². The summed E-state index contributed by atoms with van der Waals surface area (Å²) in [5, 5.41) is 29.2. The first-order valence-corrected chi connectivity index (χ1v) is 6.64. The van der Waals surface area contributed by atoms with Crippen molar-refractivity contribution in [1.29, 1.82) is 0 Å². The van der Waals surface area contributed by atoms with E-state index in [4.69, 9.17) is 14.3 Å². The molecule has 1 aliphatic rings. The van der Waals surface area contributed by atoms with Crippen LogP contribution >= 0.6 is 0 Å². The van der Waals surface area contributed by atoms with E-state index in [1.807, 2.05) is 0 Å². The molecule has 1 aromatic carbocycles. The molecular weight excluding hydrogens is 292 g/mol. The zero-order valence-corrected chi connectivity index (χ0v) is 11.9. The molecule has 0 aliphatic carbocycles. The highest BCUT2D eigenvalue weighted by Gasteiger charge is 2.38. The van der Waals surface area contributed by atoms with E-state index in [1.165, 1.54) is 6.07 Å². The maximum Gasteiger partial charge on any atom is 0.371 e. The zero-order chi connectivity index (χ0) is 16.2. The number of hydrogen-bond acceptors (Lipinski definition) is 6. The normalized spacial score (nSPS) is 19.5. The number of phenolic OH excluding ortho intramolecular Hbond substituents is 1. The molecule has 2 heterocycles. The van der Waals surface area contributed by atoms with Crippen LogP contribution in [0.4, 0.5) is 0 Å². The first kappa shape index (κ1) is 14.4. The van der Waals surface area contributed by atoms with Crippen molar-refractivity contribution in [3.05, 3.63) is 33.7 Å². The third kappa shape index (κ3) is 2.01. The first-order chi connectivity index (χ1) is 10.2. The first-order valence-electron chi connectivity index (χ1n) is 6.64. The second-order valence-electron chi connectivity index (χ2n) is 5.78. The lowest BCUT2D eigenvalue weighted by Crippen LogP contribution is -2.46. The van der Waals surface area contributed by atoms with Crippen molar-refractivity contribution in [1.82, 2.24) is 0 Å². The van der Waals surface area contributed by atoms with E-state index in [2.05, 4.69) is 0 Å². The van der Waals surface area contributed by atoms with Crippen LogP contribution in [0.25, 0.3) is 11.0 Å². The predicted molar refractivity (Wildman–Crippen MR) is 75.5 cm³/mol. The number of aromatic carboxylic acids is 1. The minimum Gasteiger partial charge on any atom is -0.507 e. The molecule has 0 fully saturated rings. The lowest BCUT2D eigenvalue weighted by Gasteiger charge is -2.37. The van der Waals surface area contributed by atoms with Crippen LogP contribution in [0.1, 0.15) is 30.0 Å². The molecule has 0 saturated heterocycles. The molecule has 1 aromatic heterocycles. The molecule has 0 spiro atoms. The summed E-state index contributed by atoms with van der Waals surface area (Å²) in [6.45, 7) is 3.37. The summed E-state index contributed by atoms with van der Waals surface area (Å²) in [6, 6.07) is 2.17. The Morgan fingerprint density at radius 3 is 2.68 bits per heavy atom. The van der Waals surface area contributed by atoms with E-state index < -0.39 is 28.9 Å². The van der Waals surface area contributed by atoms with Gasteiger partial charge in [0.15, 0.2) is 5.43 Å². The monoisotopic (exact) mass is 306 g/mol. The van der Waals surface area contributed by atoms with Gasteiger partial charge >= 0.3 is 5.97 Å². The second kappa shape index (κ2) is 4.48. The molecule has 0 saturated carbocycles. The zero-order valence-electron chi connectivity index (χ0n) is 11.9. The number of aliphatic hydroxyl groups excluding tert-OH is 1. The van der Waals surface area contributed by atoms with Crippen LogP contribution in [-0.4, -0.2) is 33.0 Å². The van der Waals surface area contributed by atoms with Crippen LogP contribution in [0, 0.1) is 0 Å². The minimum absolute atomic E-state index is 0.0756. The number of fused-ring (bicyclic) bond motifs is 2. The predicted octanol–water partition coefficient (Wildman–Crippen LogP) is 1.27. The van der Waals surface area contributed by atoms with E-state index in [9.17, 15) is 19.8 Å². The third-order valence-corrected chi connectivity index (χ3v) is 3.84. The van der Waals surface area contributed by atoms with Crippen molar-refractivity contribution in [2.75, 3.05) is 0 Å². The van der Waals surface area contributed by atoms with Crippen LogP contribution in [-0.2, 0) is 6.42 Å². The molecule has 7 nitrogen and oxygen atoms in total. The van der Waals surface area contributed by atoms with Crippen LogP contribution < -0.4 is 10.2 Å². The van der Waals surface area contributed by atoms with E-state index >= 15 is 0 Å². The topological polar surface area (TPSA) is 117 Å². The number of phenols is 1. The summed E-state index contributed by atoms with van der Waals surface area (Å²) < 4.78 is 10.8. The Morgan fingerprint density at radius 1 is 1.36 bits per heavy atom. The number of rotatable bonds is 1. The van der Waals surface area contributed by atoms with Crippen molar-refractivity contribution in [2.45, 2.75) is 32.0 Å². The molecule has 0 amide bonds. The smallest absolute Gasteiger partial charge is 0.371 e. The summed E-state index contributed by atoms with van der Waals surface area (Å²) >= 11 is 0. The molecule has 1 atom stereocenters. The summed E-state index contributed by atoms with van der Waals surface area (Å²) in [7, 11) is 0. The lowest BCUT2D eigenvalue weighted by molar-refractivity contribution is -0.0415. The van der Waals surface area contributed by atoms with Gasteiger partial charge < -0.3 is 24.5 Å². The van der Waals surface area contributed by atoms with Crippen LogP contribution in [0.3, 0.4) is 0 Å². The van der Waals surface area contributed by atoms with Crippen LogP contribution in [0.5, 0.6) is 11.5 Å². The van der Waals surface area contributed by atoms with Gasteiger partial charge in [-0.3, -0.25) is 4.79 Å².